The summed E-state index contributed by atoms with van der Waals surface area (Å²) < 4.78 is 10.6. The molecule has 1 N–H and O–H groups in total. The Labute approximate surface area is 107 Å². The third-order valence-electron chi connectivity index (χ3n) is 2.92. The number of methoxy groups -OCH3 is 1. The molecule has 2 rings (SSSR count). The number of nitrogens with one attached hydrogen (secondary N) is 1. The molecular formula is C14H19NO3. The third-order valence-corrected chi connectivity index (χ3v) is 2.92. The van der Waals surface area contributed by atoms with Gasteiger partial charge in [0.1, 0.15) is 5.75 Å². The molecule has 1 aliphatic carbocycles. The van der Waals surface area contributed by atoms with Gasteiger partial charge in [0.05, 0.1) is 13.7 Å². The van der Waals surface area contributed by atoms with Gasteiger partial charge in [-0.15, -0.1) is 0 Å². The molecule has 4 nitrogen and oxygen atoms in total. The largest absolute Gasteiger partial charge is 0.496 e. The average molecular weight is 249 g/mol. The molecule has 0 unspecified atom stereocenters. The molecule has 1 saturated carbocycles. The van der Waals surface area contributed by atoms with Crippen LogP contribution < -0.4 is 10.1 Å². The fourth-order valence-corrected chi connectivity index (χ4v) is 1.74. The molecule has 0 aliphatic heterocycles. The van der Waals surface area contributed by atoms with Crippen LogP contribution in [0.3, 0.4) is 0 Å². The number of benzene rings is 1. The predicted molar refractivity (Wildman–Crippen MR) is 68.8 cm³/mol. The molecule has 0 spiro atoms. The summed E-state index contributed by atoms with van der Waals surface area (Å²) in [5, 5.41) is 2.97. The molecule has 0 radical (unpaired) electrons. The quantitative estimate of drug-likeness (QED) is 0.840. The maximum Gasteiger partial charge on any atom is 0.251 e. The van der Waals surface area contributed by atoms with Gasteiger partial charge in [0.2, 0.25) is 0 Å². The van der Waals surface area contributed by atoms with Crippen molar-refractivity contribution in [2.24, 2.45) is 0 Å². The molecule has 1 aromatic rings. The highest BCUT2D eigenvalue weighted by atomic mass is 16.5. The number of carbonyl (C=O) groups is 1. The summed E-state index contributed by atoms with van der Waals surface area (Å²) in [4.78, 5) is 11.9. The van der Waals surface area contributed by atoms with Gasteiger partial charge in [0.15, 0.2) is 0 Å². The van der Waals surface area contributed by atoms with Crippen molar-refractivity contribution in [1.29, 1.82) is 0 Å². The molecule has 0 atom stereocenters. The summed E-state index contributed by atoms with van der Waals surface area (Å²) in [5.41, 5.74) is 1.57. The van der Waals surface area contributed by atoms with Gasteiger partial charge >= 0.3 is 0 Å². The van der Waals surface area contributed by atoms with E-state index in [1.807, 2.05) is 19.1 Å². The maximum absolute atomic E-state index is 11.9. The van der Waals surface area contributed by atoms with Crippen molar-refractivity contribution in [1.82, 2.24) is 5.32 Å². The standard InChI is InChI=1S/C14H19NO3/c1-3-18-9-11-8-10(4-7-13(11)17-2)14(16)15-12-5-6-12/h4,7-8,12H,3,5-6,9H2,1-2H3,(H,15,16). The Kier molecular flexibility index (Phi) is 4.20. The van der Waals surface area contributed by atoms with Gasteiger partial charge in [-0.05, 0) is 38.0 Å². The van der Waals surface area contributed by atoms with Crippen LogP contribution >= 0.6 is 0 Å². The second-order valence-corrected chi connectivity index (χ2v) is 4.41. The summed E-state index contributed by atoms with van der Waals surface area (Å²) in [7, 11) is 1.62. The Bertz CT molecular complexity index is 427. The molecule has 1 aromatic carbocycles. The van der Waals surface area contributed by atoms with E-state index in [0.717, 1.165) is 24.2 Å². The van der Waals surface area contributed by atoms with Gasteiger partial charge in [0.25, 0.3) is 5.91 Å². The smallest absolute Gasteiger partial charge is 0.251 e. The fourth-order valence-electron chi connectivity index (χ4n) is 1.74. The van der Waals surface area contributed by atoms with E-state index in [4.69, 9.17) is 9.47 Å². The minimum atomic E-state index is -0.0158. The van der Waals surface area contributed by atoms with Crippen molar-refractivity contribution in [3.63, 3.8) is 0 Å². The summed E-state index contributed by atoms with van der Waals surface area (Å²) in [6, 6.07) is 5.81. The lowest BCUT2D eigenvalue weighted by Crippen LogP contribution is -2.25. The van der Waals surface area contributed by atoms with Crippen LogP contribution in [0.15, 0.2) is 18.2 Å². The Morgan fingerprint density at radius 3 is 2.83 bits per heavy atom. The number of ether oxygens (including phenoxy) is 2. The first-order valence-corrected chi connectivity index (χ1v) is 6.30. The molecule has 1 fully saturated rings. The van der Waals surface area contributed by atoms with Crippen molar-refractivity contribution in [2.45, 2.75) is 32.4 Å². The molecule has 4 heteroatoms. The van der Waals surface area contributed by atoms with E-state index in [9.17, 15) is 4.79 Å². The number of hydrogen-bond donors (Lipinski definition) is 1. The van der Waals surface area contributed by atoms with E-state index >= 15 is 0 Å². The minimum Gasteiger partial charge on any atom is -0.496 e. The summed E-state index contributed by atoms with van der Waals surface area (Å²) in [6.45, 7) is 3.04. The number of carbonyl (C=O) groups excluding carboxylic acids is 1. The molecule has 18 heavy (non-hydrogen) atoms. The van der Waals surface area contributed by atoms with Crippen molar-refractivity contribution in [3.05, 3.63) is 29.3 Å². The molecular weight excluding hydrogens is 230 g/mol. The topological polar surface area (TPSA) is 47.6 Å². The summed E-state index contributed by atoms with van der Waals surface area (Å²) in [6.07, 6.45) is 2.18. The Balaban J connectivity index is 2.12. The lowest BCUT2D eigenvalue weighted by atomic mass is 10.1. The molecule has 0 bridgehead atoms. The molecule has 1 amide bonds. The second-order valence-electron chi connectivity index (χ2n) is 4.41. The SMILES string of the molecule is CCOCc1cc(C(=O)NC2CC2)ccc1OC. The maximum atomic E-state index is 11.9. The highest BCUT2D eigenvalue weighted by Crippen LogP contribution is 2.23. The van der Waals surface area contributed by atoms with Crippen LogP contribution in [-0.4, -0.2) is 25.7 Å². The van der Waals surface area contributed by atoms with E-state index in [-0.39, 0.29) is 5.91 Å². The molecule has 98 valence electrons. The van der Waals surface area contributed by atoms with Crippen molar-refractivity contribution < 1.29 is 14.3 Å². The highest BCUT2D eigenvalue weighted by molar-refractivity contribution is 5.95. The minimum absolute atomic E-state index is 0.0158. The molecule has 1 aliphatic rings. The first kappa shape index (κ1) is 12.9. The zero-order valence-electron chi connectivity index (χ0n) is 10.9. The monoisotopic (exact) mass is 249 g/mol. The van der Waals surface area contributed by atoms with Crippen molar-refractivity contribution in [2.75, 3.05) is 13.7 Å². The number of amides is 1. The Morgan fingerprint density at radius 2 is 2.22 bits per heavy atom. The lowest BCUT2D eigenvalue weighted by molar-refractivity contribution is 0.0950. The van der Waals surface area contributed by atoms with Gasteiger partial charge in [-0.25, -0.2) is 0 Å². The van der Waals surface area contributed by atoms with E-state index in [0.29, 0.717) is 24.8 Å². The fraction of sp³-hybridized carbons (Fsp3) is 0.500. The van der Waals surface area contributed by atoms with Gasteiger partial charge < -0.3 is 14.8 Å². The molecule has 0 heterocycles. The van der Waals surface area contributed by atoms with Gasteiger partial charge in [-0.3, -0.25) is 4.79 Å². The van der Waals surface area contributed by atoms with Crippen LogP contribution in [0.4, 0.5) is 0 Å². The summed E-state index contributed by atoms with van der Waals surface area (Å²) in [5.74, 6) is 0.740. The lowest BCUT2D eigenvalue weighted by Gasteiger charge is -2.11. The van der Waals surface area contributed by atoms with E-state index < -0.39 is 0 Å². The average Bonchev–Trinajstić information content (AvgIpc) is 3.19. The van der Waals surface area contributed by atoms with E-state index in [1.165, 1.54) is 0 Å². The highest BCUT2D eigenvalue weighted by Gasteiger charge is 2.24. The van der Waals surface area contributed by atoms with Crippen molar-refractivity contribution in [3.8, 4) is 5.75 Å². The summed E-state index contributed by atoms with van der Waals surface area (Å²) >= 11 is 0. The third kappa shape index (κ3) is 3.23. The van der Waals surface area contributed by atoms with Gasteiger partial charge in [-0.2, -0.15) is 0 Å². The normalized spacial score (nSPS) is 14.3. The molecule has 0 saturated heterocycles. The van der Waals surface area contributed by atoms with E-state index in [1.54, 1.807) is 13.2 Å². The first-order valence-electron chi connectivity index (χ1n) is 6.30. The van der Waals surface area contributed by atoms with Crippen molar-refractivity contribution >= 4 is 5.91 Å². The Morgan fingerprint density at radius 1 is 1.44 bits per heavy atom. The van der Waals surface area contributed by atoms with Crippen LogP contribution in [0, 0.1) is 0 Å². The molecule has 0 aromatic heterocycles. The second kappa shape index (κ2) is 5.87. The zero-order chi connectivity index (χ0) is 13.0. The first-order chi connectivity index (χ1) is 8.74. The van der Waals surface area contributed by atoms with Crippen LogP contribution in [0.2, 0.25) is 0 Å². The van der Waals surface area contributed by atoms with Crippen LogP contribution in [0.5, 0.6) is 5.75 Å². The van der Waals surface area contributed by atoms with Crippen LogP contribution in [0.25, 0.3) is 0 Å². The van der Waals surface area contributed by atoms with E-state index in [2.05, 4.69) is 5.32 Å². The number of rotatable bonds is 6. The number of hydrogen-bond acceptors (Lipinski definition) is 3. The zero-order valence-corrected chi connectivity index (χ0v) is 10.9. The van der Waals surface area contributed by atoms with Crippen LogP contribution in [-0.2, 0) is 11.3 Å². The van der Waals surface area contributed by atoms with Gasteiger partial charge in [0, 0.05) is 23.8 Å². The predicted octanol–water partition coefficient (Wildman–Crippen LogP) is 2.12. The van der Waals surface area contributed by atoms with Gasteiger partial charge in [-0.1, -0.05) is 0 Å². The Hall–Kier alpha value is -1.55. The van der Waals surface area contributed by atoms with Crippen LogP contribution in [0.1, 0.15) is 35.7 Å².